The van der Waals surface area contributed by atoms with E-state index in [0.717, 1.165) is 23.0 Å². The number of aromatic nitrogens is 4. The van der Waals surface area contributed by atoms with E-state index in [9.17, 15) is 4.79 Å². The molecular weight excluding hydrogens is 390 g/mol. The second-order valence-corrected chi connectivity index (χ2v) is 7.81. The van der Waals surface area contributed by atoms with Crippen LogP contribution in [0.5, 0.6) is 0 Å². The summed E-state index contributed by atoms with van der Waals surface area (Å²) in [5.41, 5.74) is 3.51. The zero-order valence-electron chi connectivity index (χ0n) is 17.2. The van der Waals surface area contributed by atoms with Gasteiger partial charge in [-0.05, 0) is 43.2 Å². The number of carbonyl (C=O) groups is 1. The number of hydrogen-bond acceptors (Lipinski definition) is 5. The fourth-order valence-corrected chi connectivity index (χ4v) is 4.16. The summed E-state index contributed by atoms with van der Waals surface area (Å²) in [6.45, 7) is 3.00. The van der Waals surface area contributed by atoms with E-state index >= 15 is 0 Å². The summed E-state index contributed by atoms with van der Waals surface area (Å²) in [4.78, 5) is 21.8. The van der Waals surface area contributed by atoms with Crippen LogP contribution < -0.4 is 5.32 Å². The predicted octanol–water partition coefficient (Wildman–Crippen LogP) is 3.11. The minimum absolute atomic E-state index is 0.0583. The summed E-state index contributed by atoms with van der Waals surface area (Å²) in [5, 5.41) is 8.67. The van der Waals surface area contributed by atoms with Crippen LogP contribution >= 0.6 is 0 Å². The molecular formula is C24H23N5O2. The van der Waals surface area contributed by atoms with Gasteiger partial charge in [-0.25, -0.2) is 9.67 Å². The molecule has 1 amide bonds. The summed E-state index contributed by atoms with van der Waals surface area (Å²) in [6, 6.07) is 15.7. The summed E-state index contributed by atoms with van der Waals surface area (Å²) in [6.07, 6.45) is 5.97. The van der Waals surface area contributed by atoms with Gasteiger partial charge in [-0.15, -0.1) is 0 Å². The average Bonchev–Trinajstić information content (AvgIpc) is 3.40. The first kappa shape index (κ1) is 19.4. The number of para-hydroxylation sites is 1. The highest BCUT2D eigenvalue weighted by Crippen LogP contribution is 2.24. The van der Waals surface area contributed by atoms with E-state index in [1.165, 1.54) is 5.56 Å². The monoisotopic (exact) mass is 413 g/mol. The van der Waals surface area contributed by atoms with Crippen molar-refractivity contribution in [2.24, 2.45) is 5.92 Å². The van der Waals surface area contributed by atoms with E-state index in [-0.39, 0.29) is 17.9 Å². The molecule has 4 aromatic rings. The molecule has 7 nitrogen and oxygen atoms in total. The topological polar surface area (TPSA) is 81.9 Å². The molecule has 3 aromatic heterocycles. The number of fused-ring (bicyclic) bond motifs is 1. The van der Waals surface area contributed by atoms with Crippen LogP contribution in [0.15, 0.2) is 67.1 Å². The maximum atomic E-state index is 13.0. The Balaban J connectivity index is 1.33. The largest absolute Gasteiger partial charge is 0.379 e. The molecule has 0 saturated carbocycles. The Morgan fingerprint density at radius 1 is 1.10 bits per heavy atom. The smallest absolute Gasteiger partial charge is 0.255 e. The van der Waals surface area contributed by atoms with Crippen LogP contribution in [-0.4, -0.2) is 44.9 Å². The number of carbonyl (C=O) groups excluding carboxylic acids is 1. The highest BCUT2D eigenvalue weighted by Gasteiger charge is 2.31. The van der Waals surface area contributed by atoms with Gasteiger partial charge in [0.1, 0.15) is 0 Å². The van der Waals surface area contributed by atoms with Gasteiger partial charge in [0, 0.05) is 23.7 Å². The van der Waals surface area contributed by atoms with E-state index in [4.69, 9.17) is 4.74 Å². The van der Waals surface area contributed by atoms with Crippen molar-refractivity contribution in [2.45, 2.75) is 19.4 Å². The molecule has 1 N–H and O–H groups in total. The second kappa shape index (κ2) is 8.28. The van der Waals surface area contributed by atoms with Crippen molar-refractivity contribution in [3.8, 4) is 5.82 Å². The molecule has 5 rings (SSSR count). The van der Waals surface area contributed by atoms with Gasteiger partial charge in [-0.3, -0.25) is 9.78 Å². The van der Waals surface area contributed by atoms with Gasteiger partial charge in [0.25, 0.3) is 5.91 Å². The van der Waals surface area contributed by atoms with Gasteiger partial charge in [0.2, 0.25) is 0 Å². The first-order valence-electron chi connectivity index (χ1n) is 10.4. The first-order valence-corrected chi connectivity index (χ1v) is 10.4. The Hall–Kier alpha value is -3.58. The fraction of sp³-hybridized carbons (Fsp3) is 0.250. The zero-order valence-corrected chi connectivity index (χ0v) is 17.2. The Labute approximate surface area is 180 Å². The Bertz CT molecular complexity index is 1220. The van der Waals surface area contributed by atoms with Crippen LogP contribution in [0.1, 0.15) is 21.6 Å². The Morgan fingerprint density at radius 2 is 1.97 bits per heavy atom. The standard InChI is InChI=1S/C24H23N5O2/c1-16-20(13-27-29(16)23-8-4-5-10-26-23)24(30)28-22-15-31-14-18(22)12-17-9-11-25-21-7-3-2-6-19(17)21/h2-11,13,18,22H,12,14-15H2,1H3,(H,28,30)/t18-,22-/m1/s1. The lowest BCUT2D eigenvalue weighted by Gasteiger charge is -2.20. The van der Waals surface area contributed by atoms with E-state index in [0.29, 0.717) is 24.6 Å². The molecule has 0 aliphatic carbocycles. The van der Waals surface area contributed by atoms with Crippen LogP contribution in [0.3, 0.4) is 0 Å². The normalized spacial score (nSPS) is 18.4. The maximum absolute atomic E-state index is 13.0. The molecule has 1 saturated heterocycles. The molecule has 156 valence electrons. The van der Waals surface area contributed by atoms with Crippen molar-refractivity contribution >= 4 is 16.8 Å². The Kier molecular flexibility index (Phi) is 5.18. The number of amides is 1. The van der Waals surface area contributed by atoms with E-state index in [2.05, 4.69) is 32.5 Å². The molecule has 1 fully saturated rings. The van der Waals surface area contributed by atoms with Crippen molar-refractivity contribution in [1.29, 1.82) is 0 Å². The van der Waals surface area contributed by atoms with E-state index in [1.807, 2.05) is 49.5 Å². The van der Waals surface area contributed by atoms with Gasteiger partial charge in [-0.1, -0.05) is 24.3 Å². The molecule has 1 aliphatic rings. The molecule has 4 heterocycles. The van der Waals surface area contributed by atoms with Crippen molar-refractivity contribution in [3.05, 3.63) is 83.9 Å². The first-order chi connectivity index (χ1) is 15.2. The van der Waals surface area contributed by atoms with Crippen LogP contribution in [-0.2, 0) is 11.2 Å². The van der Waals surface area contributed by atoms with Gasteiger partial charge in [-0.2, -0.15) is 5.10 Å². The number of hydrogen-bond donors (Lipinski definition) is 1. The van der Waals surface area contributed by atoms with Crippen molar-refractivity contribution in [1.82, 2.24) is 25.1 Å². The third kappa shape index (κ3) is 3.80. The predicted molar refractivity (Wildman–Crippen MR) is 117 cm³/mol. The quantitative estimate of drug-likeness (QED) is 0.544. The van der Waals surface area contributed by atoms with Gasteiger partial charge < -0.3 is 10.1 Å². The lowest BCUT2D eigenvalue weighted by Crippen LogP contribution is -2.40. The van der Waals surface area contributed by atoms with Gasteiger partial charge >= 0.3 is 0 Å². The lowest BCUT2D eigenvalue weighted by molar-refractivity contribution is 0.0924. The van der Waals surface area contributed by atoms with Gasteiger partial charge in [0.15, 0.2) is 5.82 Å². The number of ether oxygens (including phenoxy) is 1. The van der Waals surface area contributed by atoms with Crippen LogP contribution in [0.4, 0.5) is 0 Å². The number of nitrogens with zero attached hydrogens (tertiary/aromatic N) is 4. The summed E-state index contributed by atoms with van der Waals surface area (Å²) in [5.74, 6) is 0.742. The van der Waals surface area contributed by atoms with Crippen molar-refractivity contribution < 1.29 is 9.53 Å². The molecule has 1 aliphatic heterocycles. The number of benzene rings is 1. The van der Waals surface area contributed by atoms with Gasteiger partial charge in [0.05, 0.1) is 42.2 Å². The van der Waals surface area contributed by atoms with Crippen LogP contribution in [0.25, 0.3) is 16.7 Å². The highest BCUT2D eigenvalue weighted by atomic mass is 16.5. The van der Waals surface area contributed by atoms with Crippen molar-refractivity contribution in [2.75, 3.05) is 13.2 Å². The molecule has 7 heteroatoms. The summed E-state index contributed by atoms with van der Waals surface area (Å²) >= 11 is 0. The SMILES string of the molecule is Cc1c(C(=O)N[C@@H]2COC[C@H]2Cc2ccnc3ccccc23)cnn1-c1ccccn1. The lowest BCUT2D eigenvalue weighted by atomic mass is 9.93. The molecule has 1 aromatic carbocycles. The molecule has 31 heavy (non-hydrogen) atoms. The average molecular weight is 413 g/mol. The number of pyridine rings is 2. The third-order valence-corrected chi connectivity index (χ3v) is 5.86. The van der Waals surface area contributed by atoms with Crippen LogP contribution in [0.2, 0.25) is 0 Å². The maximum Gasteiger partial charge on any atom is 0.255 e. The van der Waals surface area contributed by atoms with Crippen LogP contribution in [0, 0.1) is 12.8 Å². The molecule has 2 atom stereocenters. The van der Waals surface area contributed by atoms with Crippen molar-refractivity contribution in [3.63, 3.8) is 0 Å². The zero-order chi connectivity index (χ0) is 21.2. The number of rotatable bonds is 5. The third-order valence-electron chi connectivity index (χ3n) is 5.86. The minimum atomic E-state index is -0.139. The summed E-state index contributed by atoms with van der Waals surface area (Å²) in [7, 11) is 0. The van der Waals surface area contributed by atoms with E-state index < -0.39 is 0 Å². The van der Waals surface area contributed by atoms with E-state index in [1.54, 1.807) is 17.1 Å². The molecule has 0 radical (unpaired) electrons. The molecule has 0 unspecified atom stereocenters. The minimum Gasteiger partial charge on any atom is -0.379 e. The molecule has 0 spiro atoms. The number of nitrogens with one attached hydrogen (secondary N) is 1. The second-order valence-electron chi connectivity index (χ2n) is 7.81. The molecule has 0 bridgehead atoms. The Morgan fingerprint density at radius 3 is 2.84 bits per heavy atom. The summed E-state index contributed by atoms with van der Waals surface area (Å²) < 4.78 is 7.42. The highest BCUT2D eigenvalue weighted by molar-refractivity contribution is 5.95. The fourth-order valence-electron chi connectivity index (χ4n) is 4.16.